The number of fused-ring (bicyclic) bond motifs is 1. The Hall–Kier alpha value is -2.13. The molecule has 0 spiro atoms. The Morgan fingerprint density at radius 1 is 1.17 bits per heavy atom. The summed E-state index contributed by atoms with van der Waals surface area (Å²) >= 11 is 0. The Morgan fingerprint density at radius 3 is 2.47 bits per heavy atom. The first-order valence-corrected chi connectivity index (χ1v) is 11.4. The third-order valence-electron chi connectivity index (χ3n) is 5.85. The van der Waals surface area contributed by atoms with Crippen LogP contribution in [0.25, 0.3) is 12.2 Å². The molecule has 0 N–H and O–H groups in total. The van der Waals surface area contributed by atoms with Gasteiger partial charge in [-0.05, 0) is 70.4 Å². The predicted molar refractivity (Wildman–Crippen MR) is 130 cm³/mol. The zero-order chi connectivity index (χ0) is 22.3. The van der Waals surface area contributed by atoms with Crippen molar-refractivity contribution in [1.29, 1.82) is 0 Å². The van der Waals surface area contributed by atoms with Crippen LogP contribution in [0.3, 0.4) is 0 Å². The van der Waals surface area contributed by atoms with Crippen LogP contribution in [0.4, 0.5) is 0 Å². The van der Waals surface area contributed by atoms with Gasteiger partial charge in [0, 0.05) is 43.0 Å². The van der Waals surface area contributed by atoms with E-state index in [1.165, 1.54) is 22.5 Å². The summed E-state index contributed by atoms with van der Waals surface area (Å²) in [5.41, 5.74) is 7.49. The number of hydrogen-bond acceptors (Lipinski definition) is 2. The quantitative estimate of drug-likeness (QED) is 0.439. The molecule has 0 saturated carbocycles. The Bertz CT molecular complexity index is 860. The van der Waals surface area contributed by atoms with Crippen molar-refractivity contribution in [3.63, 3.8) is 0 Å². The highest BCUT2D eigenvalue weighted by Gasteiger charge is 2.24. The van der Waals surface area contributed by atoms with Crippen LogP contribution < -0.4 is 0 Å². The van der Waals surface area contributed by atoms with E-state index in [1.54, 1.807) is 6.08 Å². The molecule has 30 heavy (non-hydrogen) atoms. The van der Waals surface area contributed by atoms with Crippen LogP contribution >= 0.6 is 0 Å². The Morgan fingerprint density at radius 2 is 1.87 bits per heavy atom. The second kappa shape index (κ2) is 11.3. The van der Waals surface area contributed by atoms with Gasteiger partial charge in [-0.15, -0.1) is 0 Å². The van der Waals surface area contributed by atoms with Crippen LogP contribution in [0.1, 0.15) is 76.9 Å². The normalized spacial score (nSPS) is 16.3. The van der Waals surface area contributed by atoms with Gasteiger partial charge in [-0.1, -0.05) is 50.1 Å². The highest BCUT2D eigenvalue weighted by Crippen LogP contribution is 2.31. The van der Waals surface area contributed by atoms with E-state index in [4.69, 9.17) is 0 Å². The molecule has 2 rings (SSSR count). The zero-order valence-corrected chi connectivity index (χ0v) is 20.1. The predicted octanol–water partition coefficient (Wildman–Crippen LogP) is 6.44. The van der Waals surface area contributed by atoms with Crippen molar-refractivity contribution < 1.29 is 4.79 Å². The van der Waals surface area contributed by atoms with Crippen molar-refractivity contribution in [2.45, 2.75) is 73.9 Å². The van der Waals surface area contributed by atoms with Crippen molar-refractivity contribution in [3.8, 4) is 0 Å². The molecule has 164 valence electrons. The van der Waals surface area contributed by atoms with Crippen molar-refractivity contribution in [2.24, 2.45) is 5.92 Å². The van der Waals surface area contributed by atoms with Gasteiger partial charge in [0.25, 0.3) is 0 Å². The Labute approximate surface area is 183 Å². The molecule has 0 amide bonds. The average molecular weight is 409 g/mol. The van der Waals surface area contributed by atoms with Crippen LogP contribution in [0.5, 0.6) is 0 Å². The zero-order valence-electron chi connectivity index (χ0n) is 20.1. The fraction of sp³-hybridized carbons (Fsp3) is 0.519. The van der Waals surface area contributed by atoms with E-state index in [0.717, 1.165) is 50.0 Å². The van der Waals surface area contributed by atoms with E-state index < -0.39 is 0 Å². The fourth-order valence-corrected chi connectivity index (χ4v) is 4.15. The molecular weight excluding hydrogens is 368 g/mol. The molecule has 1 aromatic rings. The van der Waals surface area contributed by atoms with Gasteiger partial charge in [-0.25, -0.2) is 0 Å². The third-order valence-corrected chi connectivity index (χ3v) is 5.85. The number of carbonyl (C=O) groups excluding carboxylic acids is 1. The van der Waals surface area contributed by atoms with Gasteiger partial charge in [-0.3, -0.25) is 4.79 Å². The highest BCUT2D eigenvalue weighted by atomic mass is 16.1. The first kappa shape index (κ1) is 24.1. The molecule has 0 aromatic carbocycles. The van der Waals surface area contributed by atoms with E-state index in [2.05, 4.69) is 74.6 Å². The lowest BCUT2D eigenvalue weighted by Gasteiger charge is -2.24. The van der Waals surface area contributed by atoms with Crippen LogP contribution in [-0.2, 0) is 24.3 Å². The maximum absolute atomic E-state index is 12.9. The maximum atomic E-state index is 12.9. The smallest absolute Gasteiger partial charge is 0.181 e. The molecule has 0 bridgehead atoms. The number of nitrogens with zero attached hydrogens (tertiary/aromatic N) is 2. The number of rotatable bonds is 9. The third kappa shape index (κ3) is 5.95. The minimum atomic E-state index is 0.164. The van der Waals surface area contributed by atoms with Crippen LogP contribution in [0, 0.1) is 5.92 Å². The van der Waals surface area contributed by atoms with Crippen molar-refractivity contribution in [3.05, 3.63) is 58.0 Å². The first-order chi connectivity index (χ1) is 14.3. The standard InChI is InChI=1S/C27H40N2O/c1-8-11-23-24-19-28(7)15-14-26(24)29(25(23)12-9-2)16-13-22(18-21(6)10-3)27(30)17-20(4)5/h8-9,11-12,17-18,21H,10,13-16,19H2,1-7H3/b11-8?,12-9?,22-18-. The summed E-state index contributed by atoms with van der Waals surface area (Å²) in [5.74, 6) is 0.577. The maximum Gasteiger partial charge on any atom is 0.181 e. The molecule has 1 atom stereocenters. The molecule has 1 unspecified atom stereocenters. The van der Waals surface area contributed by atoms with Gasteiger partial charge in [-0.2, -0.15) is 0 Å². The van der Waals surface area contributed by atoms with E-state index in [1.807, 2.05) is 13.8 Å². The molecule has 1 aromatic heterocycles. The van der Waals surface area contributed by atoms with Gasteiger partial charge in [0.1, 0.15) is 0 Å². The van der Waals surface area contributed by atoms with Crippen LogP contribution in [0.15, 0.2) is 35.5 Å². The summed E-state index contributed by atoms with van der Waals surface area (Å²) < 4.78 is 2.47. The lowest BCUT2D eigenvalue weighted by atomic mass is 9.98. The number of hydrogen-bond donors (Lipinski definition) is 0. The molecule has 2 heterocycles. The summed E-state index contributed by atoms with van der Waals surface area (Å²) in [6, 6.07) is 0. The second-order valence-corrected chi connectivity index (χ2v) is 8.78. The van der Waals surface area contributed by atoms with Gasteiger partial charge in [0.2, 0.25) is 0 Å². The lowest BCUT2D eigenvalue weighted by Crippen LogP contribution is -2.27. The van der Waals surface area contributed by atoms with Crippen molar-refractivity contribution in [1.82, 2.24) is 9.47 Å². The lowest BCUT2D eigenvalue weighted by molar-refractivity contribution is -0.111. The van der Waals surface area contributed by atoms with Crippen molar-refractivity contribution in [2.75, 3.05) is 13.6 Å². The summed E-state index contributed by atoms with van der Waals surface area (Å²) in [4.78, 5) is 15.3. The summed E-state index contributed by atoms with van der Waals surface area (Å²) in [7, 11) is 2.19. The summed E-state index contributed by atoms with van der Waals surface area (Å²) in [6.07, 6.45) is 15.6. The SMILES string of the molecule is CC=Cc1c2c(n(CC/C(=C/C(C)CC)C(=O)C=C(C)C)c1C=CC)CCN(C)C2. The van der Waals surface area contributed by atoms with E-state index >= 15 is 0 Å². The number of allylic oxidation sites excluding steroid dienone is 6. The van der Waals surface area contributed by atoms with Gasteiger partial charge in [0.15, 0.2) is 5.78 Å². The molecule has 0 saturated heterocycles. The first-order valence-electron chi connectivity index (χ1n) is 11.4. The van der Waals surface area contributed by atoms with Gasteiger partial charge in [0.05, 0.1) is 0 Å². The topological polar surface area (TPSA) is 25.2 Å². The molecular formula is C27H40N2O. The van der Waals surface area contributed by atoms with Crippen molar-refractivity contribution >= 4 is 17.9 Å². The van der Waals surface area contributed by atoms with E-state index in [0.29, 0.717) is 5.92 Å². The number of likely N-dealkylation sites (N-methyl/N-ethyl adjacent to an activating group) is 1. The second-order valence-electron chi connectivity index (χ2n) is 8.78. The fourth-order valence-electron chi connectivity index (χ4n) is 4.15. The Kier molecular flexibility index (Phi) is 9.10. The largest absolute Gasteiger partial charge is 0.344 e. The van der Waals surface area contributed by atoms with Crippen LogP contribution in [0.2, 0.25) is 0 Å². The monoisotopic (exact) mass is 408 g/mol. The van der Waals surface area contributed by atoms with Gasteiger partial charge < -0.3 is 9.47 Å². The summed E-state index contributed by atoms with van der Waals surface area (Å²) in [6.45, 7) is 15.4. The minimum absolute atomic E-state index is 0.164. The summed E-state index contributed by atoms with van der Waals surface area (Å²) in [5, 5.41) is 0. The molecule has 1 aliphatic heterocycles. The van der Waals surface area contributed by atoms with Crippen LogP contribution in [-0.4, -0.2) is 28.8 Å². The molecule has 0 fully saturated rings. The molecule has 1 aliphatic rings. The number of carbonyl (C=O) groups is 1. The van der Waals surface area contributed by atoms with E-state index in [-0.39, 0.29) is 5.78 Å². The number of aromatic nitrogens is 1. The van der Waals surface area contributed by atoms with E-state index in [9.17, 15) is 4.79 Å². The van der Waals surface area contributed by atoms with Gasteiger partial charge >= 0.3 is 0 Å². The highest BCUT2D eigenvalue weighted by molar-refractivity contribution is 6.04. The number of ketones is 1. The minimum Gasteiger partial charge on any atom is -0.344 e. The average Bonchev–Trinajstić information content (AvgIpc) is 2.97. The molecule has 0 radical (unpaired) electrons. The Balaban J connectivity index is 2.47. The molecule has 3 heteroatoms. The molecule has 0 aliphatic carbocycles. The molecule has 3 nitrogen and oxygen atoms in total.